The van der Waals surface area contributed by atoms with Crippen molar-refractivity contribution in [2.24, 2.45) is 0 Å². The topological polar surface area (TPSA) is 101 Å². The number of likely N-dealkylation sites (N-methyl/N-ethyl adjacent to an activating group) is 2. The fourth-order valence-electron chi connectivity index (χ4n) is 4.23. The highest BCUT2D eigenvalue weighted by Crippen LogP contribution is 2.34. The summed E-state index contributed by atoms with van der Waals surface area (Å²) in [5.74, 6) is -0.581. The summed E-state index contributed by atoms with van der Waals surface area (Å²) in [6.45, 7) is 8.27. The zero-order chi connectivity index (χ0) is 26.9. The minimum atomic E-state index is -0.758. The van der Waals surface area contributed by atoms with Crippen LogP contribution in [0, 0.1) is 6.92 Å². The van der Waals surface area contributed by atoms with Gasteiger partial charge in [0.25, 0.3) is 5.91 Å². The number of benzene rings is 2. The van der Waals surface area contributed by atoms with Crippen molar-refractivity contribution in [2.45, 2.75) is 39.7 Å². The van der Waals surface area contributed by atoms with Gasteiger partial charge in [-0.2, -0.15) is 0 Å². The molecule has 2 aromatic carbocycles. The lowest BCUT2D eigenvalue weighted by atomic mass is 10.0. The summed E-state index contributed by atoms with van der Waals surface area (Å²) in [7, 11) is 1.52. The van der Waals surface area contributed by atoms with Crippen LogP contribution in [0.15, 0.2) is 51.7 Å². The van der Waals surface area contributed by atoms with Crippen molar-refractivity contribution in [3.05, 3.63) is 74.6 Å². The van der Waals surface area contributed by atoms with Gasteiger partial charge in [0.15, 0.2) is 12.2 Å². The first-order chi connectivity index (χ1) is 17.8. The molecule has 0 aliphatic heterocycles. The Kier molecular flexibility index (Phi) is 10.1. The van der Waals surface area contributed by atoms with Crippen LogP contribution in [0.25, 0.3) is 11.0 Å². The van der Waals surface area contributed by atoms with Gasteiger partial charge >= 0.3 is 5.63 Å². The second-order valence-electron chi connectivity index (χ2n) is 8.74. The summed E-state index contributed by atoms with van der Waals surface area (Å²) in [5, 5.41) is 6.11. The molecule has 9 heteroatoms. The molecular formula is C28H34ClN3O5. The predicted octanol–water partition coefficient (Wildman–Crippen LogP) is 3.49. The highest BCUT2D eigenvalue weighted by atomic mass is 35.5. The van der Waals surface area contributed by atoms with Gasteiger partial charge in [-0.15, -0.1) is 0 Å². The van der Waals surface area contributed by atoms with E-state index < -0.39 is 17.6 Å². The van der Waals surface area contributed by atoms with E-state index >= 15 is 0 Å². The summed E-state index contributed by atoms with van der Waals surface area (Å²) >= 11 is 6.52. The van der Waals surface area contributed by atoms with E-state index in [4.69, 9.17) is 20.8 Å². The Hall–Kier alpha value is -3.36. The van der Waals surface area contributed by atoms with E-state index in [2.05, 4.69) is 29.4 Å². The molecule has 0 bridgehead atoms. The first-order valence-electron chi connectivity index (χ1n) is 12.4. The van der Waals surface area contributed by atoms with Crippen molar-refractivity contribution in [2.75, 3.05) is 33.3 Å². The van der Waals surface area contributed by atoms with Gasteiger partial charge < -0.3 is 24.7 Å². The van der Waals surface area contributed by atoms with Crippen molar-refractivity contribution in [1.82, 2.24) is 15.5 Å². The number of ether oxygens (including phenoxy) is 1. The van der Waals surface area contributed by atoms with Crippen LogP contribution >= 0.6 is 11.6 Å². The van der Waals surface area contributed by atoms with Crippen molar-refractivity contribution in [3.8, 4) is 5.75 Å². The molecule has 1 aromatic heterocycles. The van der Waals surface area contributed by atoms with E-state index in [0.717, 1.165) is 36.1 Å². The van der Waals surface area contributed by atoms with Gasteiger partial charge in [0.1, 0.15) is 16.8 Å². The van der Waals surface area contributed by atoms with Crippen LogP contribution in [-0.2, 0) is 22.4 Å². The highest BCUT2D eigenvalue weighted by Gasteiger charge is 2.21. The molecule has 0 saturated heterocycles. The first-order valence-corrected chi connectivity index (χ1v) is 12.8. The monoisotopic (exact) mass is 527 g/mol. The molecule has 1 atom stereocenters. The van der Waals surface area contributed by atoms with Gasteiger partial charge in [-0.1, -0.05) is 55.8 Å². The van der Waals surface area contributed by atoms with Gasteiger partial charge in [0.2, 0.25) is 5.91 Å². The summed E-state index contributed by atoms with van der Waals surface area (Å²) in [5.41, 5.74) is 2.15. The number of nitrogens with one attached hydrogen (secondary N) is 2. The van der Waals surface area contributed by atoms with Gasteiger partial charge in [0.05, 0.1) is 0 Å². The number of hydrogen-bond acceptors (Lipinski definition) is 6. The summed E-state index contributed by atoms with van der Waals surface area (Å²) in [4.78, 5) is 39.9. The number of carbonyl (C=O) groups is 2. The fourth-order valence-corrected chi connectivity index (χ4v) is 4.48. The molecular weight excluding hydrogens is 494 g/mol. The number of nitrogens with zero attached hydrogens (tertiary/aromatic N) is 1. The molecule has 0 saturated carbocycles. The molecule has 0 fully saturated rings. The van der Waals surface area contributed by atoms with E-state index in [1.807, 2.05) is 37.3 Å². The fraction of sp³-hybridized carbons (Fsp3) is 0.393. The maximum absolute atomic E-state index is 12.7. The minimum absolute atomic E-state index is 0.118. The smallest absolute Gasteiger partial charge is 0.339 e. The molecule has 0 aliphatic rings. The number of aryl methyl sites for hydroxylation is 1. The van der Waals surface area contributed by atoms with Crippen molar-refractivity contribution < 1.29 is 18.7 Å². The molecule has 198 valence electrons. The van der Waals surface area contributed by atoms with Crippen LogP contribution in [0.3, 0.4) is 0 Å². The van der Waals surface area contributed by atoms with E-state index in [1.165, 1.54) is 7.05 Å². The number of hydrogen-bond donors (Lipinski definition) is 2. The average molecular weight is 528 g/mol. The van der Waals surface area contributed by atoms with Gasteiger partial charge in [-0.3, -0.25) is 9.59 Å². The number of rotatable bonds is 12. The Balaban J connectivity index is 1.72. The van der Waals surface area contributed by atoms with Crippen LogP contribution in [0.2, 0.25) is 5.02 Å². The van der Waals surface area contributed by atoms with Crippen molar-refractivity contribution >= 4 is 34.4 Å². The zero-order valence-electron chi connectivity index (χ0n) is 21.7. The Bertz CT molecular complexity index is 1290. The molecule has 37 heavy (non-hydrogen) atoms. The number of carbonyl (C=O) groups excluding carboxylic acids is 2. The maximum atomic E-state index is 12.7. The van der Waals surface area contributed by atoms with E-state index in [-0.39, 0.29) is 28.9 Å². The number of halogens is 1. The highest BCUT2D eigenvalue weighted by molar-refractivity contribution is 6.36. The van der Waals surface area contributed by atoms with Crippen LogP contribution in [0.5, 0.6) is 5.75 Å². The third-order valence-electron chi connectivity index (χ3n) is 6.47. The molecule has 8 nitrogen and oxygen atoms in total. The standard InChI is InChI=1S/C28H34ClN3O5/c1-5-32(6-2)15-14-21-18(3)20-12-13-23(25(29)26(20)37-28(21)35)36-17-24(33)31-22(27(34)30-4)16-19-10-8-7-9-11-19/h7-13,22H,5-6,14-17H2,1-4H3,(H,30,34)(H,31,33)/t22-/m0/s1. The second kappa shape index (κ2) is 13.3. The molecule has 1 heterocycles. The molecule has 2 amide bonds. The average Bonchev–Trinajstić information content (AvgIpc) is 2.90. The van der Waals surface area contributed by atoms with E-state index in [9.17, 15) is 14.4 Å². The predicted molar refractivity (Wildman–Crippen MR) is 145 cm³/mol. The number of amides is 2. The van der Waals surface area contributed by atoms with Crippen molar-refractivity contribution in [1.29, 1.82) is 0 Å². The van der Waals surface area contributed by atoms with Gasteiger partial charge in [0, 0.05) is 31.0 Å². The Morgan fingerprint density at radius 2 is 1.81 bits per heavy atom. The third-order valence-corrected chi connectivity index (χ3v) is 6.83. The first kappa shape index (κ1) is 28.2. The largest absolute Gasteiger partial charge is 0.482 e. The molecule has 0 aliphatic carbocycles. The molecule has 0 radical (unpaired) electrons. The van der Waals surface area contributed by atoms with E-state index in [1.54, 1.807) is 12.1 Å². The maximum Gasteiger partial charge on any atom is 0.339 e. The Labute approximate surface area is 221 Å². The van der Waals surface area contributed by atoms with Crippen molar-refractivity contribution in [3.63, 3.8) is 0 Å². The lowest BCUT2D eigenvalue weighted by Gasteiger charge is -2.19. The van der Waals surface area contributed by atoms with Gasteiger partial charge in [-0.05, 0) is 49.7 Å². The molecule has 0 spiro atoms. The normalized spacial score (nSPS) is 11.9. The van der Waals surface area contributed by atoms with Crippen LogP contribution in [-0.4, -0.2) is 56.0 Å². The van der Waals surface area contributed by atoms with Crippen LogP contribution in [0.1, 0.15) is 30.5 Å². The SMILES string of the molecule is CCN(CC)CCc1c(C)c2ccc(OCC(=O)N[C@@H](Cc3ccccc3)C(=O)NC)c(Cl)c2oc1=O. The van der Waals surface area contributed by atoms with Gasteiger partial charge in [-0.25, -0.2) is 4.79 Å². The zero-order valence-corrected chi connectivity index (χ0v) is 22.5. The summed E-state index contributed by atoms with van der Waals surface area (Å²) in [6.07, 6.45) is 0.918. The molecule has 0 unspecified atom stereocenters. The lowest BCUT2D eigenvalue weighted by molar-refractivity contribution is -0.129. The molecule has 3 rings (SSSR count). The Morgan fingerprint density at radius 3 is 2.46 bits per heavy atom. The van der Waals surface area contributed by atoms with E-state index in [0.29, 0.717) is 18.4 Å². The minimum Gasteiger partial charge on any atom is -0.482 e. The molecule has 3 aromatic rings. The Morgan fingerprint density at radius 1 is 1.11 bits per heavy atom. The van der Waals surface area contributed by atoms with Crippen LogP contribution < -0.4 is 21.0 Å². The number of fused-ring (bicyclic) bond motifs is 1. The quantitative estimate of drug-likeness (QED) is 0.350. The second-order valence-corrected chi connectivity index (χ2v) is 9.12. The summed E-state index contributed by atoms with van der Waals surface area (Å²) < 4.78 is 11.2. The lowest BCUT2D eigenvalue weighted by Crippen LogP contribution is -2.48. The van der Waals surface area contributed by atoms with Crippen LogP contribution in [0.4, 0.5) is 0 Å². The summed E-state index contributed by atoms with van der Waals surface area (Å²) in [6, 6.07) is 12.1. The third kappa shape index (κ3) is 7.11. The molecule has 2 N–H and O–H groups in total.